The Balaban J connectivity index is 1.14. The molecule has 4 nitrogen and oxygen atoms in total. The molecule has 0 saturated heterocycles. The number of ether oxygens (including phenoxy) is 3. The lowest BCUT2D eigenvalue weighted by molar-refractivity contribution is -0.141. The van der Waals surface area contributed by atoms with Crippen molar-refractivity contribution in [2.45, 2.75) is 65.2 Å². The minimum absolute atomic E-state index is 0.117. The maximum Gasteiger partial charge on any atom is 0.314 e. The Hall–Kier alpha value is -3.55. The second kappa shape index (κ2) is 13.8. The number of hydrogen-bond donors (Lipinski definition) is 0. The third-order valence-corrected chi connectivity index (χ3v) is 8.89. The largest absolute Gasteiger partial charge is 0.491 e. The fourth-order valence-corrected chi connectivity index (χ4v) is 6.63. The van der Waals surface area contributed by atoms with E-state index in [0.29, 0.717) is 17.6 Å². The predicted molar refractivity (Wildman–Crippen MR) is 156 cm³/mol. The fraction of sp³-hybridized carbons (Fsp3) is 0.457. The summed E-state index contributed by atoms with van der Waals surface area (Å²) < 4.78 is 75.3. The Labute approximate surface area is 250 Å². The molecular formula is C35H38F4O4. The Bertz CT molecular complexity index is 1420. The summed E-state index contributed by atoms with van der Waals surface area (Å²) in [6.07, 6.45) is 7.24. The molecule has 43 heavy (non-hydrogen) atoms. The highest BCUT2D eigenvalue weighted by molar-refractivity contribution is 5.75. The van der Waals surface area contributed by atoms with Gasteiger partial charge in [0.05, 0.1) is 19.1 Å². The maximum absolute atomic E-state index is 15.0. The number of aryl methyl sites for hydroxylation is 1. The topological polar surface area (TPSA) is 44.8 Å². The molecule has 0 radical (unpaired) electrons. The van der Waals surface area contributed by atoms with Crippen molar-refractivity contribution in [2.24, 2.45) is 23.7 Å². The van der Waals surface area contributed by atoms with Gasteiger partial charge in [-0.15, -0.1) is 0 Å². The van der Waals surface area contributed by atoms with Gasteiger partial charge in [0.15, 0.2) is 23.1 Å². The number of fused-ring (bicyclic) bond motifs is 1. The van der Waals surface area contributed by atoms with Crippen LogP contribution in [0.1, 0.15) is 64.4 Å². The first-order valence-electron chi connectivity index (χ1n) is 15.3. The second-order valence-corrected chi connectivity index (χ2v) is 11.7. The highest BCUT2D eigenvalue weighted by Crippen LogP contribution is 2.45. The molecule has 0 aromatic heterocycles. The molecule has 0 heterocycles. The van der Waals surface area contributed by atoms with E-state index >= 15 is 0 Å². The minimum Gasteiger partial charge on any atom is -0.491 e. The molecule has 4 atom stereocenters. The summed E-state index contributed by atoms with van der Waals surface area (Å²) in [6.45, 7) is 4.12. The lowest BCUT2D eigenvalue weighted by Gasteiger charge is -2.41. The highest BCUT2D eigenvalue weighted by Gasteiger charge is 2.38. The van der Waals surface area contributed by atoms with Crippen molar-refractivity contribution in [1.29, 1.82) is 0 Å². The Morgan fingerprint density at radius 2 is 1.33 bits per heavy atom. The van der Waals surface area contributed by atoms with E-state index in [9.17, 15) is 22.4 Å². The number of hydrogen-bond acceptors (Lipinski definition) is 4. The maximum atomic E-state index is 15.0. The summed E-state index contributed by atoms with van der Waals surface area (Å²) in [5.74, 6) is -4.30. The van der Waals surface area contributed by atoms with Crippen LogP contribution in [0.2, 0.25) is 0 Å². The smallest absolute Gasteiger partial charge is 0.314 e. The third kappa shape index (κ3) is 7.00. The van der Waals surface area contributed by atoms with Crippen LogP contribution in [0.4, 0.5) is 17.6 Å². The van der Waals surface area contributed by atoms with E-state index in [2.05, 4.69) is 6.92 Å². The first-order chi connectivity index (χ1) is 20.8. The number of carbonyl (C=O) groups is 1. The summed E-state index contributed by atoms with van der Waals surface area (Å²) in [7, 11) is 0. The molecule has 0 aliphatic heterocycles. The third-order valence-electron chi connectivity index (χ3n) is 8.89. The van der Waals surface area contributed by atoms with E-state index in [1.165, 1.54) is 29.8 Å². The van der Waals surface area contributed by atoms with Gasteiger partial charge in [-0.05, 0) is 112 Å². The zero-order valence-electron chi connectivity index (χ0n) is 24.6. The fourth-order valence-electron chi connectivity index (χ4n) is 6.63. The summed E-state index contributed by atoms with van der Waals surface area (Å²) in [5, 5.41) is 0. The van der Waals surface area contributed by atoms with Crippen LogP contribution in [0.25, 0.3) is 11.1 Å². The van der Waals surface area contributed by atoms with E-state index in [-0.39, 0.29) is 42.5 Å². The molecule has 230 valence electrons. The molecule has 0 bridgehead atoms. The second-order valence-electron chi connectivity index (χ2n) is 11.7. The van der Waals surface area contributed by atoms with E-state index < -0.39 is 34.4 Å². The van der Waals surface area contributed by atoms with Crippen molar-refractivity contribution in [3.05, 3.63) is 77.4 Å². The number of esters is 1. The molecule has 5 rings (SSSR count). The Kier molecular flexibility index (Phi) is 9.93. The van der Waals surface area contributed by atoms with Crippen LogP contribution in [0.15, 0.2) is 48.5 Å². The normalized spacial score (nSPS) is 21.6. The highest BCUT2D eigenvalue weighted by atomic mass is 19.2. The van der Waals surface area contributed by atoms with Gasteiger partial charge in [0, 0.05) is 11.1 Å². The van der Waals surface area contributed by atoms with E-state index in [1.54, 1.807) is 6.92 Å². The first kappa shape index (κ1) is 30.9. The molecule has 3 aromatic rings. The number of benzene rings is 3. The lowest BCUT2D eigenvalue weighted by atomic mass is 9.65. The Morgan fingerprint density at radius 3 is 1.95 bits per heavy atom. The summed E-state index contributed by atoms with van der Waals surface area (Å²) in [6, 6.07) is 12.5. The van der Waals surface area contributed by atoms with Crippen LogP contribution in [-0.4, -0.2) is 19.2 Å². The molecule has 8 heteroatoms. The molecule has 3 aromatic carbocycles. The molecule has 0 amide bonds. The van der Waals surface area contributed by atoms with Crippen LogP contribution in [-0.2, 0) is 11.2 Å². The molecule has 2 fully saturated rings. The zero-order valence-corrected chi connectivity index (χ0v) is 24.6. The predicted octanol–water partition coefficient (Wildman–Crippen LogP) is 9.08. The minimum atomic E-state index is -1.31. The van der Waals surface area contributed by atoms with E-state index in [1.807, 2.05) is 24.3 Å². The average Bonchev–Trinajstić information content (AvgIpc) is 3.01. The van der Waals surface area contributed by atoms with Gasteiger partial charge in [0.2, 0.25) is 11.6 Å². The molecule has 2 saturated carbocycles. The number of rotatable bonds is 10. The van der Waals surface area contributed by atoms with Gasteiger partial charge in [-0.25, -0.2) is 8.78 Å². The number of carbonyl (C=O) groups excluding carboxylic acids is 1. The first-order valence-corrected chi connectivity index (χ1v) is 15.3. The summed E-state index contributed by atoms with van der Waals surface area (Å²) in [4.78, 5) is 12.9. The van der Waals surface area contributed by atoms with Gasteiger partial charge < -0.3 is 14.2 Å². The van der Waals surface area contributed by atoms with Crippen LogP contribution in [0.5, 0.6) is 17.2 Å². The molecule has 0 spiro atoms. The van der Waals surface area contributed by atoms with Crippen molar-refractivity contribution in [3.63, 3.8) is 0 Å². The molecule has 4 unspecified atom stereocenters. The van der Waals surface area contributed by atoms with Crippen LogP contribution < -0.4 is 14.2 Å². The van der Waals surface area contributed by atoms with Crippen molar-refractivity contribution >= 4 is 5.97 Å². The van der Waals surface area contributed by atoms with E-state index in [4.69, 9.17) is 14.2 Å². The van der Waals surface area contributed by atoms with Crippen LogP contribution >= 0.6 is 0 Å². The van der Waals surface area contributed by atoms with Gasteiger partial charge in [-0.2, -0.15) is 8.78 Å². The van der Waals surface area contributed by atoms with Crippen molar-refractivity contribution in [2.75, 3.05) is 13.2 Å². The SMILES string of the molecule is CCCc1ccc(OC(=O)C2CCC3CC(COc4ccc(-c5ccc(OCC)c(F)c5F)c(F)c4F)CCC3C2)cc1. The average molecular weight is 599 g/mol. The lowest BCUT2D eigenvalue weighted by Crippen LogP contribution is -2.36. The van der Waals surface area contributed by atoms with Gasteiger partial charge in [-0.1, -0.05) is 25.5 Å². The standard InChI is InChI=1S/C35H38F4O4/c1-3-5-21-7-12-26(13-8-21)43-35(40)25-11-10-23-18-22(6-9-24(23)19-25)20-42-30-17-15-28(32(37)34(30)39)27-14-16-29(41-4-2)33(38)31(27)36/h7-8,12-17,22-25H,3-6,9-11,18-20H2,1-2H3. The van der Waals surface area contributed by atoms with Crippen molar-refractivity contribution in [3.8, 4) is 28.4 Å². The Morgan fingerprint density at radius 1 is 0.721 bits per heavy atom. The van der Waals surface area contributed by atoms with Gasteiger partial charge in [-0.3, -0.25) is 4.79 Å². The van der Waals surface area contributed by atoms with E-state index in [0.717, 1.165) is 51.4 Å². The molecular weight excluding hydrogens is 560 g/mol. The molecule has 2 aliphatic carbocycles. The summed E-state index contributed by atoms with van der Waals surface area (Å²) in [5.41, 5.74) is 0.435. The van der Waals surface area contributed by atoms with Crippen molar-refractivity contribution < 1.29 is 36.6 Å². The van der Waals surface area contributed by atoms with Gasteiger partial charge >= 0.3 is 5.97 Å². The summed E-state index contributed by atoms with van der Waals surface area (Å²) >= 11 is 0. The van der Waals surface area contributed by atoms with Crippen LogP contribution in [0, 0.1) is 46.9 Å². The van der Waals surface area contributed by atoms with Gasteiger partial charge in [0.25, 0.3) is 0 Å². The van der Waals surface area contributed by atoms with Crippen molar-refractivity contribution in [1.82, 2.24) is 0 Å². The van der Waals surface area contributed by atoms with Gasteiger partial charge in [0.1, 0.15) is 5.75 Å². The monoisotopic (exact) mass is 598 g/mol. The van der Waals surface area contributed by atoms with Crippen LogP contribution in [0.3, 0.4) is 0 Å². The quantitative estimate of drug-likeness (QED) is 0.133. The molecule has 0 N–H and O–H groups in total. The molecule has 2 aliphatic rings. The zero-order chi connectivity index (χ0) is 30.5. The number of halogens is 4.